The highest BCUT2D eigenvalue weighted by Gasteiger charge is 2.65. The summed E-state index contributed by atoms with van der Waals surface area (Å²) in [5, 5.41) is 0. The molecule has 1 nitrogen and oxygen atoms in total. The molecule has 9 heteroatoms. The first-order chi connectivity index (χ1) is 5.66. The molecule has 0 aliphatic rings. The molecule has 0 aliphatic carbocycles. The van der Waals surface area contributed by atoms with E-state index in [9.17, 15) is 30.7 Å². The molecule has 0 radical (unpaired) electrons. The van der Waals surface area contributed by atoms with Gasteiger partial charge in [0.05, 0.1) is 0 Å². The summed E-state index contributed by atoms with van der Waals surface area (Å²) in [7, 11) is -0.822. The quantitative estimate of drug-likeness (QED) is 0.519. The van der Waals surface area contributed by atoms with E-state index in [1.54, 1.807) is 0 Å². The third kappa shape index (κ3) is 2.33. The topological polar surface area (TPSA) is 9.23 Å². The molecule has 0 aromatic heterocycles. The van der Waals surface area contributed by atoms with Gasteiger partial charge in [0.15, 0.2) is 10.5 Å². The summed E-state index contributed by atoms with van der Waals surface area (Å²) >= 11 is 0. The maximum Gasteiger partial charge on any atom is 0.412 e. The van der Waals surface area contributed by atoms with Crippen LogP contribution in [0.4, 0.5) is 30.7 Å². The van der Waals surface area contributed by atoms with Gasteiger partial charge in [-0.25, -0.2) is 13.2 Å². The van der Waals surface area contributed by atoms with Crippen LogP contribution in [0.15, 0.2) is 0 Å². The zero-order chi connectivity index (χ0) is 10.9. The minimum Gasteiger partial charge on any atom is -0.369 e. The van der Waals surface area contributed by atoms with Crippen molar-refractivity contribution >= 4 is 10.5 Å². The Kier molecular flexibility index (Phi) is 3.73. The van der Waals surface area contributed by atoms with Gasteiger partial charge in [0, 0.05) is 0 Å². The summed E-state index contributed by atoms with van der Waals surface area (Å²) in [6.07, 6.45) is -13.6. The summed E-state index contributed by atoms with van der Waals surface area (Å²) < 4.78 is 86.1. The van der Waals surface area contributed by atoms with Crippen LogP contribution in [0.1, 0.15) is 0 Å². The molecule has 0 saturated heterocycles. The van der Waals surface area contributed by atoms with E-state index >= 15 is 0 Å². The Morgan fingerprint density at radius 3 is 1.62 bits per heavy atom. The molecule has 1 atom stereocenters. The van der Waals surface area contributed by atoms with Crippen molar-refractivity contribution in [3.63, 3.8) is 0 Å². The molecule has 0 fully saturated rings. The van der Waals surface area contributed by atoms with Crippen molar-refractivity contribution < 1.29 is 35.2 Å². The molecule has 0 aliphatic heterocycles. The Hall–Kier alpha value is -0.313. The van der Waals surface area contributed by atoms with Gasteiger partial charge in [-0.15, -0.1) is 0 Å². The Balaban J connectivity index is 4.74. The standard InChI is InChI=1S/C4H5F7OSi/c5-1(2(6)7)3(8,9)4(10,11)12-13/h1-2H,13H3. The second-order valence-corrected chi connectivity index (χ2v) is 2.49. The monoisotopic (exact) mass is 230 g/mol. The van der Waals surface area contributed by atoms with Crippen LogP contribution in [0, 0.1) is 0 Å². The van der Waals surface area contributed by atoms with Crippen LogP contribution in [-0.2, 0) is 4.43 Å². The number of hydrogen-bond acceptors (Lipinski definition) is 1. The Morgan fingerprint density at radius 1 is 1.00 bits per heavy atom. The molecule has 0 spiro atoms. The summed E-state index contributed by atoms with van der Waals surface area (Å²) in [5.41, 5.74) is 0. The Morgan fingerprint density at radius 2 is 1.38 bits per heavy atom. The van der Waals surface area contributed by atoms with E-state index in [2.05, 4.69) is 4.43 Å². The molecular formula is C4H5F7OSi. The fourth-order valence-electron chi connectivity index (χ4n) is 0.455. The van der Waals surface area contributed by atoms with E-state index < -0.39 is 35.1 Å². The van der Waals surface area contributed by atoms with Gasteiger partial charge in [-0.05, 0) is 0 Å². The van der Waals surface area contributed by atoms with Crippen LogP contribution in [0.5, 0.6) is 0 Å². The summed E-state index contributed by atoms with van der Waals surface area (Å²) in [6.45, 7) is 0. The number of alkyl halides is 7. The van der Waals surface area contributed by atoms with Crippen molar-refractivity contribution in [2.45, 2.75) is 24.6 Å². The molecule has 0 rings (SSSR count). The third-order valence-electron chi connectivity index (χ3n) is 1.21. The molecule has 1 unspecified atom stereocenters. The van der Waals surface area contributed by atoms with Gasteiger partial charge in [-0.1, -0.05) is 0 Å². The SMILES string of the molecule is FC(F)C(F)C(F)(F)C(F)(F)O[SiH3]. The Labute approximate surface area is 71.4 Å². The highest BCUT2D eigenvalue weighted by molar-refractivity contribution is 5.98. The lowest BCUT2D eigenvalue weighted by molar-refractivity contribution is -0.336. The molecule has 0 bridgehead atoms. The Bertz CT molecular complexity index is 172. The predicted octanol–water partition coefficient (Wildman–Crippen LogP) is 1.11. The van der Waals surface area contributed by atoms with Gasteiger partial charge in [-0.2, -0.15) is 17.6 Å². The number of hydrogen-bond donors (Lipinski definition) is 0. The van der Waals surface area contributed by atoms with Crippen molar-refractivity contribution in [3.05, 3.63) is 0 Å². The van der Waals surface area contributed by atoms with E-state index in [1.807, 2.05) is 0 Å². The molecule has 0 aromatic rings. The smallest absolute Gasteiger partial charge is 0.369 e. The van der Waals surface area contributed by atoms with E-state index in [0.29, 0.717) is 0 Å². The largest absolute Gasteiger partial charge is 0.412 e. The van der Waals surface area contributed by atoms with E-state index in [4.69, 9.17) is 0 Å². The van der Waals surface area contributed by atoms with E-state index in [0.717, 1.165) is 0 Å². The molecular weight excluding hydrogens is 225 g/mol. The van der Waals surface area contributed by atoms with E-state index in [1.165, 1.54) is 0 Å². The lowest BCUT2D eigenvalue weighted by Gasteiger charge is -2.27. The zero-order valence-corrected chi connectivity index (χ0v) is 8.21. The van der Waals surface area contributed by atoms with Crippen LogP contribution < -0.4 is 0 Å². The normalized spacial score (nSPS) is 16.6. The van der Waals surface area contributed by atoms with Gasteiger partial charge in [0.1, 0.15) is 0 Å². The first-order valence-corrected chi connectivity index (χ1v) is 3.71. The molecule has 0 saturated carbocycles. The van der Waals surface area contributed by atoms with Crippen LogP contribution in [-0.4, -0.2) is 35.1 Å². The lowest BCUT2D eigenvalue weighted by Crippen LogP contribution is -2.51. The van der Waals surface area contributed by atoms with Crippen LogP contribution in [0.3, 0.4) is 0 Å². The summed E-state index contributed by atoms with van der Waals surface area (Å²) in [5.74, 6) is -5.51. The fraction of sp³-hybridized carbons (Fsp3) is 1.00. The van der Waals surface area contributed by atoms with Gasteiger partial charge in [-0.3, -0.25) is 0 Å². The maximum atomic E-state index is 12.1. The van der Waals surface area contributed by atoms with Crippen LogP contribution >= 0.6 is 0 Å². The molecule has 80 valence electrons. The number of halogens is 7. The molecule has 0 amide bonds. The maximum absolute atomic E-state index is 12.1. The van der Waals surface area contributed by atoms with Crippen LogP contribution in [0.25, 0.3) is 0 Å². The van der Waals surface area contributed by atoms with Gasteiger partial charge in [0.25, 0.3) is 6.43 Å². The first-order valence-electron chi connectivity index (χ1n) is 2.89. The van der Waals surface area contributed by atoms with Crippen molar-refractivity contribution in [3.8, 4) is 0 Å². The first kappa shape index (κ1) is 12.7. The van der Waals surface area contributed by atoms with Gasteiger partial charge in [0.2, 0.25) is 6.17 Å². The molecule has 13 heavy (non-hydrogen) atoms. The van der Waals surface area contributed by atoms with Crippen LogP contribution in [0.2, 0.25) is 0 Å². The minimum atomic E-state index is -5.51. The van der Waals surface area contributed by atoms with Gasteiger partial charge >= 0.3 is 12.0 Å². The highest BCUT2D eigenvalue weighted by atomic mass is 28.2. The zero-order valence-electron chi connectivity index (χ0n) is 6.21. The molecule has 0 N–H and O–H groups in total. The molecule has 0 aromatic carbocycles. The lowest BCUT2D eigenvalue weighted by atomic mass is 10.2. The van der Waals surface area contributed by atoms with Crippen molar-refractivity contribution in [1.29, 1.82) is 0 Å². The summed E-state index contributed by atoms with van der Waals surface area (Å²) in [4.78, 5) is 0. The minimum absolute atomic E-state index is 0.822. The predicted molar refractivity (Wildman–Crippen MR) is 31.8 cm³/mol. The van der Waals surface area contributed by atoms with Crippen molar-refractivity contribution in [2.75, 3.05) is 0 Å². The second kappa shape index (κ2) is 3.82. The summed E-state index contributed by atoms with van der Waals surface area (Å²) in [6, 6.07) is 0. The van der Waals surface area contributed by atoms with Crippen molar-refractivity contribution in [2.24, 2.45) is 0 Å². The fourth-order valence-corrected chi connectivity index (χ4v) is 0.727. The average molecular weight is 230 g/mol. The van der Waals surface area contributed by atoms with E-state index in [-0.39, 0.29) is 0 Å². The average Bonchev–Trinajstić information content (AvgIpc) is 2.02. The molecule has 0 heterocycles. The van der Waals surface area contributed by atoms with Gasteiger partial charge < -0.3 is 4.43 Å². The third-order valence-corrected chi connectivity index (χ3v) is 1.72. The highest BCUT2D eigenvalue weighted by Crippen LogP contribution is 2.40. The van der Waals surface area contributed by atoms with Crippen molar-refractivity contribution in [1.82, 2.24) is 0 Å². The second-order valence-electron chi connectivity index (χ2n) is 2.08. The number of rotatable bonds is 4.